The van der Waals surface area contributed by atoms with Crippen LogP contribution in [0, 0.1) is 6.92 Å². The Kier molecular flexibility index (Phi) is 4.04. The van der Waals surface area contributed by atoms with E-state index in [9.17, 15) is 4.79 Å². The summed E-state index contributed by atoms with van der Waals surface area (Å²) in [6, 6.07) is 0.116. The molecule has 1 amide bonds. The largest absolute Gasteiger partial charge is 0.444 e. The van der Waals surface area contributed by atoms with Crippen LogP contribution in [0.4, 0.5) is 4.79 Å². The number of rotatable bonds is 1. The second-order valence-corrected chi connectivity index (χ2v) is 6.24. The van der Waals surface area contributed by atoms with Gasteiger partial charge in [-0.05, 0) is 27.7 Å². The Morgan fingerprint density at radius 3 is 2.75 bits per heavy atom. The molecule has 1 saturated heterocycles. The van der Waals surface area contributed by atoms with Gasteiger partial charge in [0.05, 0.1) is 12.2 Å². The normalized spacial score (nSPS) is 20.1. The molecule has 1 fully saturated rings. The first-order chi connectivity index (χ1) is 9.28. The molecule has 20 heavy (non-hydrogen) atoms. The van der Waals surface area contributed by atoms with Crippen molar-refractivity contribution in [1.29, 1.82) is 0 Å². The van der Waals surface area contributed by atoms with E-state index in [2.05, 4.69) is 10.4 Å². The molecule has 1 N–H and O–H groups in total. The molecule has 112 valence electrons. The Hall–Kier alpha value is -1.56. The van der Waals surface area contributed by atoms with E-state index >= 15 is 0 Å². The fraction of sp³-hybridized carbons (Fsp3) is 0.714. The molecular formula is C14H24N4O2. The van der Waals surface area contributed by atoms with Gasteiger partial charge in [0.1, 0.15) is 5.60 Å². The molecule has 2 heterocycles. The molecule has 1 unspecified atom stereocenters. The summed E-state index contributed by atoms with van der Waals surface area (Å²) in [6.07, 6.45) is 1.62. The number of carbonyl (C=O) groups excluding carboxylic acids is 1. The molecule has 2 rings (SSSR count). The van der Waals surface area contributed by atoms with E-state index in [0.717, 1.165) is 17.8 Å². The van der Waals surface area contributed by atoms with Crippen LogP contribution in [0.2, 0.25) is 0 Å². The Balaban J connectivity index is 2.05. The molecular weight excluding hydrogens is 256 g/mol. The van der Waals surface area contributed by atoms with Crippen LogP contribution in [0.25, 0.3) is 0 Å². The first kappa shape index (κ1) is 14.8. The minimum Gasteiger partial charge on any atom is -0.444 e. The molecule has 0 radical (unpaired) electrons. The van der Waals surface area contributed by atoms with E-state index < -0.39 is 5.60 Å². The highest BCUT2D eigenvalue weighted by atomic mass is 16.6. The number of aryl methyl sites for hydroxylation is 1. The minimum atomic E-state index is -0.457. The van der Waals surface area contributed by atoms with Gasteiger partial charge in [0.15, 0.2) is 0 Å². The van der Waals surface area contributed by atoms with Gasteiger partial charge in [-0.3, -0.25) is 4.68 Å². The van der Waals surface area contributed by atoms with Gasteiger partial charge in [-0.25, -0.2) is 4.79 Å². The molecule has 1 aliphatic heterocycles. The predicted octanol–water partition coefficient (Wildman–Crippen LogP) is 1.61. The molecule has 0 spiro atoms. The molecule has 0 bridgehead atoms. The molecule has 0 saturated carbocycles. The first-order valence-corrected chi connectivity index (χ1v) is 6.98. The molecule has 0 aliphatic carbocycles. The van der Waals surface area contributed by atoms with Crippen LogP contribution in [0.15, 0.2) is 6.20 Å². The van der Waals surface area contributed by atoms with Crippen molar-refractivity contribution in [2.24, 2.45) is 7.05 Å². The number of hydrogen-bond acceptors (Lipinski definition) is 4. The van der Waals surface area contributed by atoms with Crippen LogP contribution in [0.3, 0.4) is 0 Å². The van der Waals surface area contributed by atoms with Crippen LogP contribution in [0.1, 0.15) is 38.1 Å². The van der Waals surface area contributed by atoms with E-state index in [1.807, 2.05) is 45.6 Å². The Morgan fingerprint density at radius 2 is 2.20 bits per heavy atom. The third-order valence-corrected chi connectivity index (χ3v) is 3.48. The zero-order valence-corrected chi connectivity index (χ0v) is 12.9. The van der Waals surface area contributed by atoms with Gasteiger partial charge in [0.25, 0.3) is 0 Å². The van der Waals surface area contributed by atoms with Gasteiger partial charge in [-0.1, -0.05) is 0 Å². The third kappa shape index (κ3) is 3.30. The van der Waals surface area contributed by atoms with Crippen LogP contribution in [-0.4, -0.2) is 46.0 Å². The lowest BCUT2D eigenvalue weighted by atomic mass is 10.1. The van der Waals surface area contributed by atoms with Crippen LogP contribution >= 0.6 is 0 Å². The predicted molar refractivity (Wildman–Crippen MR) is 76.5 cm³/mol. The average Bonchev–Trinajstić information content (AvgIpc) is 2.68. The molecule has 1 aromatic rings. The van der Waals surface area contributed by atoms with E-state index in [0.29, 0.717) is 13.1 Å². The lowest BCUT2D eigenvalue weighted by molar-refractivity contribution is 0.0195. The lowest BCUT2D eigenvalue weighted by Crippen LogP contribution is -2.49. The van der Waals surface area contributed by atoms with Crippen molar-refractivity contribution in [2.45, 2.75) is 39.3 Å². The molecule has 6 nitrogen and oxygen atoms in total. The number of carbonyl (C=O) groups is 1. The van der Waals surface area contributed by atoms with Crippen molar-refractivity contribution in [1.82, 2.24) is 20.0 Å². The van der Waals surface area contributed by atoms with E-state index in [1.54, 1.807) is 4.90 Å². The standard InChI is InChI=1S/C14H24N4O2/c1-10-11(8-16-17(10)5)12-9-18(7-6-15-12)13(19)20-14(2,3)4/h8,12,15H,6-7,9H2,1-5H3. The second-order valence-electron chi connectivity index (χ2n) is 6.24. The van der Waals surface area contributed by atoms with Gasteiger partial charge in [0, 0.05) is 37.9 Å². The minimum absolute atomic E-state index is 0.116. The summed E-state index contributed by atoms with van der Waals surface area (Å²) in [5.74, 6) is 0. The first-order valence-electron chi connectivity index (χ1n) is 6.98. The topological polar surface area (TPSA) is 59.4 Å². The highest BCUT2D eigenvalue weighted by Crippen LogP contribution is 2.21. The third-order valence-electron chi connectivity index (χ3n) is 3.48. The van der Waals surface area contributed by atoms with E-state index in [-0.39, 0.29) is 12.1 Å². The molecule has 1 aliphatic rings. The maximum Gasteiger partial charge on any atom is 0.410 e. The van der Waals surface area contributed by atoms with Crippen molar-refractivity contribution in [2.75, 3.05) is 19.6 Å². The summed E-state index contributed by atoms with van der Waals surface area (Å²) in [6.45, 7) is 9.74. The van der Waals surface area contributed by atoms with Gasteiger partial charge in [-0.15, -0.1) is 0 Å². The number of piperazine rings is 1. The molecule has 0 aromatic carbocycles. The Labute approximate surface area is 120 Å². The van der Waals surface area contributed by atoms with Gasteiger partial charge < -0.3 is 15.0 Å². The maximum absolute atomic E-state index is 12.1. The quantitative estimate of drug-likeness (QED) is 0.849. The SMILES string of the molecule is Cc1c(C2CN(C(=O)OC(C)(C)C)CCN2)cnn1C. The monoisotopic (exact) mass is 280 g/mol. The van der Waals surface area contributed by atoms with Crippen LogP contribution < -0.4 is 5.32 Å². The zero-order chi connectivity index (χ0) is 14.9. The van der Waals surface area contributed by atoms with Crippen molar-refractivity contribution >= 4 is 6.09 Å². The van der Waals surface area contributed by atoms with E-state index in [1.165, 1.54) is 0 Å². The van der Waals surface area contributed by atoms with Gasteiger partial charge in [0.2, 0.25) is 0 Å². The number of nitrogens with one attached hydrogen (secondary N) is 1. The van der Waals surface area contributed by atoms with E-state index in [4.69, 9.17) is 4.74 Å². The number of nitrogens with zero attached hydrogens (tertiary/aromatic N) is 3. The van der Waals surface area contributed by atoms with Crippen LogP contribution in [0.5, 0.6) is 0 Å². The molecule has 1 atom stereocenters. The Morgan fingerprint density at radius 1 is 1.50 bits per heavy atom. The molecule has 6 heteroatoms. The van der Waals surface area contributed by atoms with Crippen LogP contribution in [-0.2, 0) is 11.8 Å². The highest BCUT2D eigenvalue weighted by Gasteiger charge is 2.29. The average molecular weight is 280 g/mol. The lowest BCUT2D eigenvalue weighted by Gasteiger charge is -2.34. The summed E-state index contributed by atoms with van der Waals surface area (Å²) in [4.78, 5) is 13.9. The summed E-state index contributed by atoms with van der Waals surface area (Å²) in [5.41, 5.74) is 1.80. The van der Waals surface area contributed by atoms with Gasteiger partial charge >= 0.3 is 6.09 Å². The van der Waals surface area contributed by atoms with Crippen molar-refractivity contribution in [3.63, 3.8) is 0 Å². The highest BCUT2D eigenvalue weighted by molar-refractivity contribution is 5.68. The fourth-order valence-corrected chi connectivity index (χ4v) is 2.31. The smallest absolute Gasteiger partial charge is 0.410 e. The summed E-state index contributed by atoms with van der Waals surface area (Å²) in [5, 5.41) is 7.70. The van der Waals surface area contributed by atoms with Crippen molar-refractivity contribution < 1.29 is 9.53 Å². The summed E-state index contributed by atoms with van der Waals surface area (Å²) < 4.78 is 7.29. The Bertz CT molecular complexity index is 490. The fourth-order valence-electron chi connectivity index (χ4n) is 2.31. The summed E-state index contributed by atoms with van der Waals surface area (Å²) >= 11 is 0. The van der Waals surface area contributed by atoms with Crippen molar-refractivity contribution in [3.05, 3.63) is 17.5 Å². The number of hydrogen-bond donors (Lipinski definition) is 1. The maximum atomic E-state index is 12.1. The second kappa shape index (κ2) is 5.44. The number of ether oxygens (including phenoxy) is 1. The molecule has 1 aromatic heterocycles. The van der Waals surface area contributed by atoms with Gasteiger partial charge in [-0.2, -0.15) is 5.10 Å². The summed E-state index contributed by atoms with van der Waals surface area (Å²) in [7, 11) is 1.92. The number of amides is 1. The zero-order valence-electron chi connectivity index (χ0n) is 12.9. The van der Waals surface area contributed by atoms with Crippen molar-refractivity contribution in [3.8, 4) is 0 Å². The number of aromatic nitrogens is 2.